The number of aryl methyl sites for hydroxylation is 1. The fraction of sp³-hybridized carbons (Fsp3) is 0.318. The molecule has 1 N–H and O–H groups in total. The minimum absolute atomic E-state index is 0.218. The lowest BCUT2D eigenvalue weighted by molar-refractivity contribution is 0.217. The summed E-state index contributed by atoms with van der Waals surface area (Å²) in [7, 11) is 3.13. The van der Waals surface area contributed by atoms with Crippen molar-refractivity contribution >= 4 is 23.6 Å². The van der Waals surface area contributed by atoms with E-state index >= 15 is 0 Å². The van der Waals surface area contributed by atoms with Crippen LogP contribution in [0.15, 0.2) is 46.4 Å². The van der Waals surface area contributed by atoms with Gasteiger partial charge in [0.25, 0.3) is 0 Å². The number of halogens is 1. The molecule has 2 aromatic carbocycles. The molecular formula is C22H24FN5O3. The van der Waals surface area contributed by atoms with E-state index in [2.05, 4.69) is 10.3 Å². The van der Waals surface area contributed by atoms with Gasteiger partial charge in [0.15, 0.2) is 11.5 Å². The first kappa shape index (κ1) is 20.6. The van der Waals surface area contributed by atoms with Crippen molar-refractivity contribution in [3.05, 3.63) is 53.3 Å². The summed E-state index contributed by atoms with van der Waals surface area (Å²) in [6, 6.07) is 9.37. The molecule has 162 valence electrons. The van der Waals surface area contributed by atoms with Gasteiger partial charge in [0.2, 0.25) is 11.9 Å². The summed E-state index contributed by atoms with van der Waals surface area (Å²) in [6.07, 6.45) is 0. The summed E-state index contributed by atoms with van der Waals surface area (Å²) >= 11 is 0. The predicted molar refractivity (Wildman–Crippen MR) is 116 cm³/mol. The van der Waals surface area contributed by atoms with Crippen molar-refractivity contribution in [1.82, 2.24) is 15.1 Å². The molecule has 2 aliphatic rings. The first-order valence-corrected chi connectivity index (χ1v) is 9.95. The minimum Gasteiger partial charge on any atom is -0.493 e. The van der Waals surface area contributed by atoms with Crippen LogP contribution in [0.1, 0.15) is 24.1 Å². The fourth-order valence-electron chi connectivity index (χ4n) is 3.75. The first-order valence-electron chi connectivity index (χ1n) is 9.95. The van der Waals surface area contributed by atoms with Gasteiger partial charge in [-0.05, 0) is 43.2 Å². The summed E-state index contributed by atoms with van der Waals surface area (Å²) in [5.41, 5.74) is 2.36. The molecule has 1 unspecified atom stereocenters. The van der Waals surface area contributed by atoms with E-state index in [1.165, 1.54) is 12.1 Å². The third kappa shape index (κ3) is 3.67. The molecule has 1 atom stereocenters. The van der Waals surface area contributed by atoms with Crippen molar-refractivity contribution in [2.75, 3.05) is 27.3 Å². The topological polar surface area (TPSA) is 78.8 Å². The Labute approximate surface area is 180 Å². The molecule has 2 aliphatic heterocycles. The molecule has 0 saturated carbocycles. The SMILES string of the molecule is CCN1C(=O)NC(=Nc2cc(OC)c(OC)cc2C)N2C1=NCC2c1ccc(F)cc1. The molecule has 0 spiro atoms. The van der Waals surface area contributed by atoms with Gasteiger partial charge in [0.1, 0.15) is 5.82 Å². The Kier molecular flexibility index (Phi) is 5.50. The van der Waals surface area contributed by atoms with Gasteiger partial charge >= 0.3 is 6.03 Å². The standard InChI is InChI=1S/C22H24FN5O3/c1-5-27-21-24-12-17(14-6-8-15(23)9-7-14)28(21)20(26-22(27)29)25-16-11-19(31-4)18(30-3)10-13(16)2/h6-11,17H,5,12H2,1-4H3,(H,25,26,29). The second kappa shape index (κ2) is 8.25. The molecule has 4 rings (SSSR count). The van der Waals surface area contributed by atoms with Crippen LogP contribution in [0.2, 0.25) is 0 Å². The highest BCUT2D eigenvalue weighted by atomic mass is 19.1. The fourth-order valence-corrected chi connectivity index (χ4v) is 3.75. The van der Waals surface area contributed by atoms with Gasteiger partial charge in [0, 0.05) is 12.6 Å². The molecule has 2 aromatic rings. The van der Waals surface area contributed by atoms with Gasteiger partial charge in [-0.1, -0.05) is 12.1 Å². The van der Waals surface area contributed by atoms with Gasteiger partial charge in [-0.3, -0.25) is 15.1 Å². The molecular weight excluding hydrogens is 401 g/mol. The van der Waals surface area contributed by atoms with Crippen molar-refractivity contribution in [2.24, 2.45) is 9.98 Å². The normalized spacial score (nSPS) is 19.3. The smallest absolute Gasteiger partial charge is 0.330 e. The number of benzene rings is 2. The highest BCUT2D eigenvalue weighted by Crippen LogP contribution is 2.36. The number of fused-ring (bicyclic) bond motifs is 1. The van der Waals surface area contributed by atoms with Crippen molar-refractivity contribution in [1.29, 1.82) is 0 Å². The van der Waals surface area contributed by atoms with Crippen molar-refractivity contribution in [2.45, 2.75) is 19.9 Å². The van der Waals surface area contributed by atoms with Crippen LogP contribution in [0.4, 0.5) is 14.9 Å². The molecule has 31 heavy (non-hydrogen) atoms. The van der Waals surface area contributed by atoms with Crippen LogP contribution in [0.25, 0.3) is 0 Å². The number of carbonyl (C=O) groups excluding carboxylic acids is 1. The van der Waals surface area contributed by atoms with E-state index in [-0.39, 0.29) is 17.9 Å². The van der Waals surface area contributed by atoms with E-state index in [4.69, 9.17) is 14.5 Å². The highest BCUT2D eigenvalue weighted by Gasteiger charge is 2.42. The van der Waals surface area contributed by atoms with Gasteiger partial charge in [0.05, 0.1) is 32.5 Å². The first-order chi connectivity index (χ1) is 15.0. The van der Waals surface area contributed by atoms with Crippen LogP contribution in [-0.2, 0) is 0 Å². The zero-order valence-corrected chi connectivity index (χ0v) is 17.8. The number of guanidine groups is 2. The molecule has 8 nitrogen and oxygen atoms in total. The molecule has 2 heterocycles. The predicted octanol–water partition coefficient (Wildman–Crippen LogP) is 3.60. The van der Waals surface area contributed by atoms with Crippen molar-refractivity contribution in [3.63, 3.8) is 0 Å². The van der Waals surface area contributed by atoms with E-state index in [9.17, 15) is 9.18 Å². The quantitative estimate of drug-likeness (QED) is 0.794. The molecule has 9 heteroatoms. The number of hydrogen-bond acceptors (Lipinski definition) is 5. The van der Waals surface area contributed by atoms with Crippen LogP contribution in [-0.4, -0.2) is 55.1 Å². The molecule has 1 saturated heterocycles. The Balaban J connectivity index is 1.79. The molecule has 0 bridgehead atoms. The molecule has 1 fully saturated rings. The van der Waals surface area contributed by atoms with Crippen LogP contribution in [0.3, 0.4) is 0 Å². The zero-order valence-electron chi connectivity index (χ0n) is 17.8. The van der Waals surface area contributed by atoms with E-state index < -0.39 is 0 Å². The number of aliphatic imine (C=N–C) groups is 2. The summed E-state index contributed by atoms with van der Waals surface area (Å²) in [6.45, 7) is 4.67. The third-order valence-corrected chi connectivity index (χ3v) is 5.37. The number of ether oxygens (including phenoxy) is 2. The lowest BCUT2D eigenvalue weighted by Gasteiger charge is -2.38. The monoisotopic (exact) mass is 425 g/mol. The largest absolute Gasteiger partial charge is 0.493 e. The maximum absolute atomic E-state index is 13.5. The zero-order chi connectivity index (χ0) is 22.1. The number of nitrogens with zero attached hydrogens (tertiary/aromatic N) is 4. The van der Waals surface area contributed by atoms with Crippen LogP contribution in [0, 0.1) is 12.7 Å². The number of methoxy groups -OCH3 is 2. The Morgan fingerprint density at radius 2 is 1.87 bits per heavy atom. The Bertz CT molecular complexity index is 1070. The number of rotatable bonds is 5. The van der Waals surface area contributed by atoms with Crippen LogP contribution >= 0.6 is 0 Å². The average Bonchev–Trinajstić information content (AvgIpc) is 3.20. The summed E-state index contributed by atoms with van der Waals surface area (Å²) in [5, 5.41) is 2.88. The second-order valence-electron chi connectivity index (χ2n) is 7.18. The van der Waals surface area contributed by atoms with E-state index in [1.54, 1.807) is 37.3 Å². The van der Waals surface area contributed by atoms with Gasteiger partial charge in [-0.2, -0.15) is 0 Å². The van der Waals surface area contributed by atoms with Gasteiger partial charge < -0.3 is 9.47 Å². The average molecular weight is 425 g/mol. The number of amides is 2. The summed E-state index contributed by atoms with van der Waals surface area (Å²) < 4.78 is 24.2. The molecule has 0 aliphatic carbocycles. The van der Waals surface area contributed by atoms with Gasteiger partial charge in [-0.15, -0.1) is 0 Å². The maximum Gasteiger partial charge on any atom is 0.330 e. The van der Waals surface area contributed by atoms with E-state index in [0.717, 1.165) is 11.1 Å². The van der Waals surface area contributed by atoms with E-state index in [1.807, 2.05) is 24.8 Å². The number of hydrogen-bond donors (Lipinski definition) is 1. The van der Waals surface area contributed by atoms with Crippen molar-refractivity contribution < 1.29 is 18.7 Å². The Morgan fingerprint density at radius 1 is 1.19 bits per heavy atom. The summed E-state index contributed by atoms with van der Waals surface area (Å²) in [4.78, 5) is 25.5. The van der Waals surface area contributed by atoms with Gasteiger partial charge in [-0.25, -0.2) is 19.2 Å². The van der Waals surface area contributed by atoms with E-state index in [0.29, 0.717) is 42.2 Å². The maximum atomic E-state index is 13.5. The lowest BCUT2D eigenvalue weighted by atomic mass is 10.1. The summed E-state index contributed by atoms with van der Waals surface area (Å²) in [5.74, 6) is 1.71. The number of nitrogens with one attached hydrogen (secondary N) is 1. The minimum atomic E-state index is -0.306. The molecule has 0 radical (unpaired) electrons. The Morgan fingerprint density at radius 3 is 2.52 bits per heavy atom. The highest BCUT2D eigenvalue weighted by molar-refractivity contribution is 6.16. The molecule has 0 aromatic heterocycles. The second-order valence-corrected chi connectivity index (χ2v) is 7.18. The Hall–Kier alpha value is -3.62. The number of urea groups is 1. The van der Waals surface area contributed by atoms with Crippen LogP contribution in [0.5, 0.6) is 11.5 Å². The molecule has 2 amide bonds. The van der Waals surface area contributed by atoms with Crippen molar-refractivity contribution in [3.8, 4) is 11.5 Å². The lowest BCUT2D eigenvalue weighted by Crippen LogP contribution is -2.62. The number of carbonyl (C=O) groups is 1. The van der Waals surface area contributed by atoms with Crippen LogP contribution < -0.4 is 14.8 Å². The third-order valence-electron chi connectivity index (χ3n) is 5.37.